The van der Waals surface area contributed by atoms with Crippen molar-refractivity contribution in [1.82, 2.24) is 4.98 Å². The Bertz CT molecular complexity index is 478. The highest BCUT2D eigenvalue weighted by Crippen LogP contribution is 2.14. The lowest BCUT2D eigenvalue weighted by Gasteiger charge is -1.88. The highest BCUT2D eigenvalue weighted by molar-refractivity contribution is 6.42. The van der Waals surface area contributed by atoms with Crippen LogP contribution in [0.2, 0.25) is 0 Å². The minimum Gasteiger partial charge on any atom is -0.352 e. The molecule has 0 fully saturated rings. The Morgan fingerprint density at radius 2 is 1.93 bits per heavy atom. The first-order valence-electron chi connectivity index (χ1n) is 4.31. The molecule has 1 heterocycles. The lowest BCUT2D eigenvalue weighted by molar-refractivity contribution is -0.113. The van der Waals surface area contributed by atoms with Crippen molar-refractivity contribution in [3.05, 3.63) is 36.0 Å². The first-order chi connectivity index (χ1) is 6.68. The number of carbonyl (C=O) groups is 2. The minimum atomic E-state index is -0.471. The highest BCUT2D eigenvalue weighted by atomic mass is 16.2. The second-order valence-corrected chi connectivity index (χ2v) is 3.16. The van der Waals surface area contributed by atoms with Gasteiger partial charge in [0, 0.05) is 17.8 Å². The van der Waals surface area contributed by atoms with Crippen LogP contribution in [-0.4, -0.2) is 16.6 Å². The summed E-state index contributed by atoms with van der Waals surface area (Å²) in [5.74, 6) is -0.919. The Morgan fingerprint density at radius 3 is 2.57 bits per heavy atom. The number of para-hydroxylation sites is 1. The molecule has 0 spiro atoms. The number of hydrogen-bond donors (Lipinski definition) is 1. The van der Waals surface area contributed by atoms with E-state index in [2.05, 4.69) is 4.98 Å². The van der Waals surface area contributed by atoms with E-state index in [0.29, 0.717) is 5.69 Å². The number of aromatic amines is 1. The number of Topliss-reactive ketones (excluding diaryl/α,β-unsaturated/α-hetero) is 2. The van der Waals surface area contributed by atoms with Gasteiger partial charge in [-0.25, -0.2) is 0 Å². The van der Waals surface area contributed by atoms with Crippen LogP contribution in [0.15, 0.2) is 30.3 Å². The van der Waals surface area contributed by atoms with E-state index in [1.54, 1.807) is 6.07 Å². The summed E-state index contributed by atoms with van der Waals surface area (Å²) in [6.07, 6.45) is 0. The molecule has 0 aliphatic heterocycles. The molecule has 2 rings (SSSR count). The van der Waals surface area contributed by atoms with Crippen molar-refractivity contribution in [1.29, 1.82) is 0 Å². The van der Waals surface area contributed by atoms with Gasteiger partial charge in [0.25, 0.3) is 0 Å². The summed E-state index contributed by atoms with van der Waals surface area (Å²) in [5.41, 5.74) is 1.23. The van der Waals surface area contributed by atoms with Crippen molar-refractivity contribution in [2.24, 2.45) is 0 Å². The third kappa shape index (κ3) is 1.33. The minimum absolute atomic E-state index is 0.360. The van der Waals surface area contributed by atoms with Gasteiger partial charge in [0.15, 0.2) is 0 Å². The van der Waals surface area contributed by atoms with Crippen LogP contribution >= 0.6 is 0 Å². The van der Waals surface area contributed by atoms with Gasteiger partial charge in [0.05, 0.1) is 5.69 Å². The molecule has 14 heavy (non-hydrogen) atoms. The number of aromatic nitrogens is 1. The molecular formula is C11H9NO2. The second-order valence-electron chi connectivity index (χ2n) is 3.16. The van der Waals surface area contributed by atoms with Crippen molar-refractivity contribution in [3.63, 3.8) is 0 Å². The van der Waals surface area contributed by atoms with Gasteiger partial charge in [-0.2, -0.15) is 0 Å². The van der Waals surface area contributed by atoms with E-state index in [1.165, 1.54) is 6.92 Å². The van der Waals surface area contributed by atoms with Gasteiger partial charge in [-0.15, -0.1) is 0 Å². The maximum atomic E-state index is 11.3. The first-order valence-corrected chi connectivity index (χ1v) is 4.31. The highest BCUT2D eigenvalue weighted by Gasteiger charge is 2.13. The van der Waals surface area contributed by atoms with Crippen LogP contribution in [0.4, 0.5) is 0 Å². The molecule has 1 N–H and O–H groups in total. The van der Waals surface area contributed by atoms with Gasteiger partial charge in [-0.05, 0) is 12.1 Å². The molecule has 0 amide bonds. The molecule has 0 aliphatic carbocycles. The van der Waals surface area contributed by atoms with Crippen LogP contribution in [-0.2, 0) is 4.79 Å². The number of benzene rings is 1. The van der Waals surface area contributed by atoms with E-state index in [1.807, 2.05) is 24.3 Å². The monoisotopic (exact) mass is 187 g/mol. The van der Waals surface area contributed by atoms with Crippen LogP contribution < -0.4 is 0 Å². The number of carbonyl (C=O) groups excluding carboxylic acids is 2. The zero-order chi connectivity index (χ0) is 10.1. The van der Waals surface area contributed by atoms with Gasteiger partial charge in [0.1, 0.15) is 0 Å². The molecule has 3 heteroatoms. The molecule has 3 nitrogen and oxygen atoms in total. The third-order valence-electron chi connectivity index (χ3n) is 2.09. The summed E-state index contributed by atoms with van der Waals surface area (Å²) >= 11 is 0. The molecular weight excluding hydrogens is 178 g/mol. The fraction of sp³-hybridized carbons (Fsp3) is 0.0909. The first kappa shape index (κ1) is 8.69. The molecule has 1 aromatic carbocycles. The SMILES string of the molecule is CC(=O)C(=O)c1cc2ccccc2[nH]1. The van der Waals surface area contributed by atoms with Gasteiger partial charge in [-0.3, -0.25) is 9.59 Å². The molecule has 0 radical (unpaired) electrons. The molecule has 0 bridgehead atoms. The quantitative estimate of drug-likeness (QED) is 0.577. The summed E-state index contributed by atoms with van der Waals surface area (Å²) in [6, 6.07) is 9.22. The van der Waals surface area contributed by atoms with Crippen molar-refractivity contribution < 1.29 is 9.59 Å². The van der Waals surface area contributed by atoms with Crippen molar-refractivity contribution in [3.8, 4) is 0 Å². The zero-order valence-electron chi connectivity index (χ0n) is 7.70. The van der Waals surface area contributed by atoms with Crippen LogP contribution in [0.1, 0.15) is 17.4 Å². The number of ketones is 2. The summed E-state index contributed by atoms with van der Waals surface area (Å²) in [7, 11) is 0. The van der Waals surface area contributed by atoms with Crippen molar-refractivity contribution in [2.75, 3.05) is 0 Å². The number of fused-ring (bicyclic) bond motifs is 1. The maximum absolute atomic E-state index is 11.3. The fourth-order valence-corrected chi connectivity index (χ4v) is 1.39. The van der Waals surface area contributed by atoms with Crippen LogP contribution in [0.5, 0.6) is 0 Å². The average Bonchev–Trinajstić information content (AvgIpc) is 2.59. The van der Waals surface area contributed by atoms with Gasteiger partial charge in [-0.1, -0.05) is 18.2 Å². The largest absolute Gasteiger partial charge is 0.352 e. The lowest BCUT2D eigenvalue weighted by Crippen LogP contribution is -2.09. The van der Waals surface area contributed by atoms with Gasteiger partial charge >= 0.3 is 0 Å². The lowest BCUT2D eigenvalue weighted by atomic mass is 10.2. The van der Waals surface area contributed by atoms with E-state index in [-0.39, 0.29) is 0 Å². The second kappa shape index (κ2) is 3.10. The molecule has 70 valence electrons. The summed E-state index contributed by atoms with van der Waals surface area (Å²) in [5, 5.41) is 0.942. The molecule has 0 saturated heterocycles. The smallest absolute Gasteiger partial charge is 0.244 e. The summed E-state index contributed by atoms with van der Waals surface area (Å²) in [4.78, 5) is 25.1. The summed E-state index contributed by atoms with van der Waals surface area (Å²) in [6.45, 7) is 1.27. The van der Waals surface area contributed by atoms with Crippen LogP contribution in [0.25, 0.3) is 10.9 Å². The zero-order valence-corrected chi connectivity index (χ0v) is 7.70. The van der Waals surface area contributed by atoms with E-state index >= 15 is 0 Å². The number of nitrogens with one attached hydrogen (secondary N) is 1. The standard InChI is InChI=1S/C11H9NO2/c1-7(13)11(14)10-6-8-4-2-3-5-9(8)12-10/h2-6,12H,1H3. The van der Waals surface area contributed by atoms with Crippen molar-refractivity contribution in [2.45, 2.75) is 6.92 Å². The normalized spacial score (nSPS) is 10.4. The molecule has 2 aromatic rings. The van der Waals surface area contributed by atoms with Crippen LogP contribution in [0.3, 0.4) is 0 Å². The average molecular weight is 187 g/mol. The predicted molar refractivity (Wildman–Crippen MR) is 53.3 cm³/mol. The molecule has 0 unspecified atom stereocenters. The molecule has 0 atom stereocenters. The number of rotatable bonds is 2. The maximum Gasteiger partial charge on any atom is 0.244 e. The number of hydrogen-bond acceptors (Lipinski definition) is 2. The third-order valence-corrected chi connectivity index (χ3v) is 2.09. The molecule has 0 saturated carbocycles. The van der Waals surface area contributed by atoms with E-state index in [0.717, 1.165) is 10.9 Å². The van der Waals surface area contributed by atoms with Gasteiger partial charge in [0.2, 0.25) is 11.6 Å². The van der Waals surface area contributed by atoms with Crippen molar-refractivity contribution >= 4 is 22.5 Å². The van der Waals surface area contributed by atoms with E-state index in [9.17, 15) is 9.59 Å². The molecule has 0 aliphatic rings. The van der Waals surface area contributed by atoms with Crippen LogP contribution in [0, 0.1) is 0 Å². The molecule has 1 aromatic heterocycles. The number of H-pyrrole nitrogens is 1. The Balaban J connectivity index is 2.55. The van der Waals surface area contributed by atoms with Gasteiger partial charge < -0.3 is 4.98 Å². The summed E-state index contributed by atoms with van der Waals surface area (Å²) < 4.78 is 0. The fourth-order valence-electron chi connectivity index (χ4n) is 1.39. The Morgan fingerprint density at radius 1 is 1.21 bits per heavy atom. The Labute approximate surface area is 80.7 Å². The Hall–Kier alpha value is -1.90. The predicted octanol–water partition coefficient (Wildman–Crippen LogP) is 1.94. The van der Waals surface area contributed by atoms with E-state index in [4.69, 9.17) is 0 Å². The Kier molecular flexibility index (Phi) is 1.93. The topological polar surface area (TPSA) is 49.9 Å². The van der Waals surface area contributed by atoms with E-state index < -0.39 is 11.6 Å².